The maximum Gasteiger partial charge on any atom is 0.325 e. The van der Waals surface area contributed by atoms with Gasteiger partial charge in [0.2, 0.25) is 23.6 Å². The lowest BCUT2D eigenvalue weighted by molar-refractivity contribution is -0.142. The van der Waals surface area contributed by atoms with Crippen molar-refractivity contribution in [1.29, 1.82) is 0 Å². The Hall–Kier alpha value is -2.38. The topological polar surface area (TPSA) is 220 Å². The van der Waals surface area contributed by atoms with Crippen LogP contribution in [0.15, 0.2) is 0 Å². The van der Waals surface area contributed by atoms with Gasteiger partial charge in [-0.05, 0) is 26.3 Å². The first-order valence-electron chi connectivity index (χ1n) is 9.02. The number of hydrogen-bond acceptors (Lipinski definition) is 8. The first-order chi connectivity index (χ1) is 13.5. The maximum absolute atomic E-state index is 12.4. The highest BCUT2D eigenvalue weighted by Crippen LogP contribution is 2.01. The average Bonchev–Trinajstić information content (AvgIpc) is 2.64. The van der Waals surface area contributed by atoms with Crippen LogP contribution < -0.4 is 33.2 Å². The first kappa shape index (κ1) is 26.6. The van der Waals surface area contributed by atoms with Crippen LogP contribution in [0.1, 0.15) is 32.6 Å². The summed E-state index contributed by atoms with van der Waals surface area (Å²) in [6, 6.07) is -4.65. The molecule has 0 spiro atoms. The van der Waals surface area contributed by atoms with Crippen molar-refractivity contribution < 1.29 is 29.1 Å². The molecule has 0 heterocycles. The number of hydrogen-bond donors (Lipinski definition) is 8. The number of carbonyl (C=O) groups excluding carboxylic acids is 4. The fourth-order valence-electron chi connectivity index (χ4n) is 2.17. The van der Waals surface area contributed by atoms with E-state index < -0.39 is 60.2 Å². The Morgan fingerprint density at radius 1 is 0.966 bits per heavy atom. The van der Waals surface area contributed by atoms with Gasteiger partial charge in [0.15, 0.2) is 0 Å². The molecule has 13 heteroatoms. The Kier molecular flexibility index (Phi) is 12.6. The Morgan fingerprint density at radius 2 is 1.52 bits per heavy atom. The van der Waals surface area contributed by atoms with Crippen molar-refractivity contribution in [2.24, 2.45) is 17.2 Å². The number of unbranched alkanes of at least 4 members (excludes halogenated alkanes) is 1. The maximum atomic E-state index is 12.4. The van der Waals surface area contributed by atoms with Gasteiger partial charge < -0.3 is 38.3 Å². The molecule has 0 aliphatic carbocycles. The highest BCUT2D eigenvalue weighted by Gasteiger charge is 2.29. The molecule has 0 aromatic rings. The van der Waals surface area contributed by atoms with E-state index in [9.17, 15) is 24.0 Å². The molecule has 0 bridgehead atoms. The van der Waals surface area contributed by atoms with Crippen molar-refractivity contribution >= 4 is 42.2 Å². The fraction of sp³-hybridized carbons (Fsp3) is 0.688. The normalized spacial score (nSPS) is 14.8. The second-order valence-corrected chi connectivity index (χ2v) is 6.80. The van der Waals surface area contributed by atoms with Crippen LogP contribution in [0.4, 0.5) is 0 Å². The molecule has 0 radical (unpaired) electrons. The fourth-order valence-corrected chi connectivity index (χ4v) is 2.43. The van der Waals surface area contributed by atoms with Crippen LogP contribution in [0.2, 0.25) is 0 Å². The lowest BCUT2D eigenvalue weighted by atomic mass is 10.1. The molecule has 0 aromatic heterocycles. The molecule has 4 amide bonds. The zero-order valence-corrected chi connectivity index (χ0v) is 17.1. The predicted octanol–water partition coefficient (Wildman–Crippen LogP) is -3.19. The first-order valence-corrected chi connectivity index (χ1v) is 9.65. The monoisotopic (exact) mass is 434 g/mol. The van der Waals surface area contributed by atoms with Gasteiger partial charge in [-0.3, -0.25) is 24.0 Å². The summed E-state index contributed by atoms with van der Waals surface area (Å²) in [6.07, 6.45) is 1.17. The third kappa shape index (κ3) is 10.7. The van der Waals surface area contributed by atoms with Gasteiger partial charge in [0.05, 0.1) is 12.5 Å². The Balaban J connectivity index is 5.00. The summed E-state index contributed by atoms with van der Waals surface area (Å²) in [7, 11) is 0. The number of carboxylic acids is 1. The molecule has 166 valence electrons. The summed E-state index contributed by atoms with van der Waals surface area (Å²) >= 11 is 4.01. The molecule has 0 aliphatic heterocycles. The van der Waals surface area contributed by atoms with Crippen molar-refractivity contribution in [3.05, 3.63) is 0 Å². The van der Waals surface area contributed by atoms with E-state index in [0.717, 1.165) is 0 Å². The number of aliphatic carboxylic acids is 1. The van der Waals surface area contributed by atoms with Crippen molar-refractivity contribution in [2.75, 3.05) is 12.3 Å². The quantitative estimate of drug-likeness (QED) is 0.102. The van der Waals surface area contributed by atoms with E-state index >= 15 is 0 Å². The molecular weight excluding hydrogens is 404 g/mol. The second-order valence-electron chi connectivity index (χ2n) is 6.43. The lowest BCUT2D eigenvalue weighted by Crippen LogP contribution is -2.58. The molecule has 0 rings (SSSR count). The zero-order valence-electron chi connectivity index (χ0n) is 16.2. The van der Waals surface area contributed by atoms with E-state index in [4.69, 9.17) is 22.3 Å². The van der Waals surface area contributed by atoms with Crippen LogP contribution in [0, 0.1) is 0 Å². The number of primary amides is 1. The third-order valence-electron chi connectivity index (χ3n) is 3.89. The van der Waals surface area contributed by atoms with Crippen LogP contribution in [0.25, 0.3) is 0 Å². The van der Waals surface area contributed by atoms with E-state index in [0.29, 0.717) is 25.8 Å². The largest absolute Gasteiger partial charge is 0.480 e. The SMILES string of the molecule is CC(NC(=O)C(CC(N)=O)NC(=O)C(CS)NC(=O)C(N)CCCCN)C(=O)O. The summed E-state index contributed by atoms with van der Waals surface area (Å²) in [4.78, 5) is 58.8. The van der Waals surface area contributed by atoms with Crippen molar-refractivity contribution in [2.45, 2.75) is 56.8 Å². The van der Waals surface area contributed by atoms with Crippen molar-refractivity contribution in [3.63, 3.8) is 0 Å². The van der Waals surface area contributed by atoms with Gasteiger partial charge in [-0.2, -0.15) is 12.6 Å². The van der Waals surface area contributed by atoms with Crippen LogP contribution >= 0.6 is 12.6 Å². The van der Waals surface area contributed by atoms with Gasteiger partial charge in [0.25, 0.3) is 0 Å². The highest BCUT2D eigenvalue weighted by molar-refractivity contribution is 7.80. The second kappa shape index (κ2) is 13.7. The van der Waals surface area contributed by atoms with E-state index in [1.54, 1.807) is 0 Å². The molecule has 29 heavy (non-hydrogen) atoms. The molecule has 0 aromatic carbocycles. The predicted molar refractivity (Wildman–Crippen MR) is 108 cm³/mol. The molecule has 4 unspecified atom stereocenters. The van der Waals surface area contributed by atoms with E-state index in [1.807, 2.05) is 0 Å². The molecule has 12 nitrogen and oxygen atoms in total. The average molecular weight is 435 g/mol. The van der Waals surface area contributed by atoms with Gasteiger partial charge in [0, 0.05) is 5.75 Å². The van der Waals surface area contributed by atoms with E-state index in [-0.39, 0.29) is 5.75 Å². The lowest BCUT2D eigenvalue weighted by Gasteiger charge is -2.23. The number of thiol groups is 1. The number of rotatable bonds is 14. The Bertz CT molecular complexity index is 604. The number of carboxylic acid groups (broad SMARTS) is 1. The van der Waals surface area contributed by atoms with Crippen LogP contribution in [-0.4, -0.2) is 71.2 Å². The van der Waals surface area contributed by atoms with E-state index in [1.165, 1.54) is 6.92 Å². The molecule has 0 fully saturated rings. The third-order valence-corrected chi connectivity index (χ3v) is 4.25. The van der Waals surface area contributed by atoms with Gasteiger partial charge in [-0.1, -0.05) is 6.42 Å². The Morgan fingerprint density at radius 3 is 2.00 bits per heavy atom. The van der Waals surface area contributed by atoms with Crippen molar-refractivity contribution in [1.82, 2.24) is 16.0 Å². The minimum atomic E-state index is -1.42. The molecule has 10 N–H and O–H groups in total. The summed E-state index contributed by atoms with van der Waals surface area (Å²) in [5, 5.41) is 15.7. The summed E-state index contributed by atoms with van der Waals surface area (Å²) in [5.41, 5.74) is 16.2. The highest BCUT2D eigenvalue weighted by atomic mass is 32.1. The number of carbonyl (C=O) groups is 5. The summed E-state index contributed by atoms with van der Waals surface area (Å²) < 4.78 is 0. The molecular formula is C16H30N6O6S. The molecule has 0 aliphatic rings. The number of nitrogens with one attached hydrogen (secondary N) is 3. The summed E-state index contributed by atoms with van der Waals surface area (Å²) in [5.74, 6) is -4.58. The molecule has 0 saturated carbocycles. The minimum absolute atomic E-state index is 0.108. The number of nitrogens with two attached hydrogens (primary N) is 3. The van der Waals surface area contributed by atoms with Crippen LogP contribution in [0.3, 0.4) is 0 Å². The van der Waals surface area contributed by atoms with Gasteiger partial charge in [-0.25, -0.2) is 0 Å². The van der Waals surface area contributed by atoms with Crippen LogP contribution in [0.5, 0.6) is 0 Å². The van der Waals surface area contributed by atoms with Crippen LogP contribution in [-0.2, 0) is 24.0 Å². The molecule has 4 atom stereocenters. The Labute approximate surface area is 174 Å². The van der Waals surface area contributed by atoms with Gasteiger partial charge in [-0.15, -0.1) is 0 Å². The van der Waals surface area contributed by atoms with E-state index in [2.05, 4.69) is 28.6 Å². The van der Waals surface area contributed by atoms with Crippen molar-refractivity contribution in [3.8, 4) is 0 Å². The minimum Gasteiger partial charge on any atom is -0.480 e. The van der Waals surface area contributed by atoms with Gasteiger partial charge >= 0.3 is 5.97 Å². The smallest absolute Gasteiger partial charge is 0.325 e. The molecule has 0 saturated heterocycles. The number of amides is 4. The summed E-state index contributed by atoms with van der Waals surface area (Å²) in [6.45, 7) is 1.69. The van der Waals surface area contributed by atoms with Gasteiger partial charge in [0.1, 0.15) is 18.1 Å². The standard InChI is InChI=1S/C16H30N6O6S/c1-8(16(27)28)20-14(25)10(6-12(19)23)21-15(26)11(7-29)22-13(24)9(18)4-2-3-5-17/h8-11,29H,2-7,17-18H2,1H3,(H2,19,23)(H,20,25)(H,21,26)(H,22,24)(H,27,28). The zero-order chi connectivity index (χ0) is 22.6.